The van der Waals surface area contributed by atoms with Crippen molar-refractivity contribution in [3.63, 3.8) is 0 Å². The van der Waals surface area contributed by atoms with Gasteiger partial charge < -0.3 is 9.45 Å². The van der Waals surface area contributed by atoms with Gasteiger partial charge in [0, 0.05) is 28.9 Å². The Balaban J connectivity index is 2.09. The molecule has 21 heavy (non-hydrogen) atoms. The van der Waals surface area contributed by atoms with E-state index in [1.807, 2.05) is 18.2 Å². The van der Waals surface area contributed by atoms with Gasteiger partial charge in [0.1, 0.15) is 0 Å². The fourth-order valence-corrected chi connectivity index (χ4v) is 3.60. The van der Waals surface area contributed by atoms with Gasteiger partial charge in [0.15, 0.2) is 0 Å². The van der Waals surface area contributed by atoms with Gasteiger partial charge in [0.2, 0.25) is 0 Å². The predicted octanol–water partition coefficient (Wildman–Crippen LogP) is 3.16. The van der Waals surface area contributed by atoms with Gasteiger partial charge in [-0.2, -0.15) is 0 Å². The molecule has 0 saturated carbocycles. The van der Waals surface area contributed by atoms with Crippen molar-refractivity contribution in [1.82, 2.24) is 4.90 Å². The fraction of sp³-hybridized carbons (Fsp3) is 0.250. The molecule has 5 heteroatoms. The molecule has 0 saturated heterocycles. The molecule has 0 aromatic heterocycles. The quantitative estimate of drug-likeness (QED) is 0.798. The lowest BCUT2D eigenvalue weighted by Gasteiger charge is -2.33. The van der Waals surface area contributed by atoms with Crippen LogP contribution in [0, 0.1) is 0 Å². The normalized spacial score (nSPS) is 20.0. The molecule has 1 aliphatic heterocycles. The van der Waals surface area contributed by atoms with Crippen molar-refractivity contribution in [2.75, 3.05) is 13.6 Å². The number of halogens is 1. The fourth-order valence-electron chi connectivity index (χ4n) is 2.93. The molecule has 2 unspecified atom stereocenters. The van der Waals surface area contributed by atoms with Gasteiger partial charge in [-0.15, -0.1) is 0 Å². The Kier molecular flexibility index (Phi) is 4.13. The van der Waals surface area contributed by atoms with Crippen LogP contribution in [0.25, 0.3) is 0 Å². The number of hydrogen-bond acceptors (Lipinski definition) is 3. The van der Waals surface area contributed by atoms with Gasteiger partial charge in [0.05, 0.1) is 0 Å². The number of rotatable bonds is 2. The zero-order chi connectivity index (χ0) is 15.0. The molecule has 110 valence electrons. The average molecular weight is 321 g/mol. The minimum Gasteiger partial charge on any atom is -0.768 e. The molecule has 0 fully saturated rings. The molecule has 0 radical (unpaired) electrons. The van der Waals surface area contributed by atoms with Gasteiger partial charge >= 0.3 is 0 Å². The number of benzene rings is 2. The van der Waals surface area contributed by atoms with Crippen molar-refractivity contribution in [3.05, 3.63) is 64.2 Å². The number of nitrogens with zero attached hydrogens (tertiary/aromatic N) is 1. The van der Waals surface area contributed by atoms with Crippen LogP contribution in [-0.2, 0) is 17.6 Å². The minimum absolute atomic E-state index is 0.140. The Hall–Kier alpha value is -1.20. The zero-order valence-electron chi connectivity index (χ0n) is 11.6. The summed E-state index contributed by atoms with van der Waals surface area (Å²) < 4.78 is 22.3. The first-order valence-corrected chi connectivity index (χ1v) is 8.16. The SMILES string of the molecule is CN1Cc2c(Cl)cccc2C(c2cccc(S(=O)[O-])c2)C1. The van der Waals surface area contributed by atoms with Crippen LogP contribution in [0.2, 0.25) is 5.02 Å². The third kappa shape index (κ3) is 2.90. The van der Waals surface area contributed by atoms with Gasteiger partial charge in [0.25, 0.3) is 0 Å². The van der Waals surface area contributed by atoms with Crippen LogP contribution in [0.1, 0.15) is 22.6 Å². The third-order valence-electron chi connectivity index (χ3n) is 3.91. The zero-order valence-corrected chi connectivity index (χ0v) is 13.2. The van der Waals surface area contributed by atoms with E-state index in [4.69, 9.17) is 11.6 Å². The predicted molar refractivity (Wildman–Crippen MR) is 83.3 cm³/mol. The van der Waals surface area contributed by atoms with Crippen LogP contribution in [0.4, 0.5) is 0 Å². The second-order valence-electron chi connectivity index (χ2n) is 5.36. The van der Waals surface area contributed by atoms with Crippen LogP contribution >= 0.6 is 11.6 Å². The van der Waals surface area contributed by atoms with Gasteiger partial charge in [-0.05, 0) is 53.0 Å². The Bertz CT molecular complexity index is 704. The van der Waals surface area contributed by atoms with Crippen molar-refractivity contribution >= 4 is 22.7 Å². The van der Waals surface area contributed by atoms with Crippen molar-refractivity contribution in [1.29, 1.82) is 0 Å². The molecule has 0 N–H and O–H groups in total. The van der Waals surface area contributed by atoms with Crippen LogP contribution < -0.4 is 0 Å². The molecular weight excluding hydrogens is 306 g/mol. The highest BCUT2D eigenvalue weighted by Crippen LogP contribution is 2.36. The molecular formula is C16H15ClNO2S-. The lowest BCUT2D eigenvalue weighted by atomic mass is 9.85. The summed E-state index contributed by atoms with van der Waals surface area (Å²) in [6, 6.07) is 13.1. The Labute approximate surface area is 131 Å². The van der Waals surface area contributed by atoms with E-state index in [2.05, 4.69) is 18.0 Å². The van der Waals surface area contributed by atoms with Gasteiger partial charge in [-0.1, -0.05) is 35.9 Å². The highest BCUT2D eigenvalue weighted by atomic mass is 35.5. The monoisotopic (exact) mass is 320 g/mol. The molecule has 0 spiro atoms. The van der Waals surface area contributed by atoms with Crippen LogP contribution in [0.5, 0.6) is 0 Å². The van der Waals surface area contributed by atoms with Gasteiger partial charge in [-0.3, -0.25) is 4.21 Å². The Morgan fingerprint density at radius 3 is 2.81 bits per heavy atom. The smallest absolute Gasteiger partial charge is 0.0454 e. The molecule has 0 bridgehead atoms. The molecule has 1 aliphatic rings. The first kappa shape index (κ1) is 14.7. The summed E-state index contributed by atoms with van der Waals surface area (Å²) >= 11 is 4.11. The van der Waals surface area contributed by atoms with Crippen LogP contribution in [-0.4, -0.2) is 27.3 Å². The molecule has 2 atom stereocenters. The summed E-state index contributed by atoms with van der Waals surface area (Å²) in [7, 11) is 2.05. The number of hydrogen-bond donors (Lipinski definition) is 0. The third-order valence-corrected chi connectivity index (χ3v) is 4.90. The lowest BCUT2D eigenvalue weighted by Crippen LogP contribution is -2.31. The highest BCUT2D eigenvalue weighted by molar-refractivity contribution is 7.79. The van der Waals surface area contributed by atoms with Crippen LogP contribution in [0.15, 0.2) is 47.4 Å². The maximum absolute atomic E-state index is 11.2. The standard InChI is InChI=1S/C16H16ClNO2S/c1-18-9-14(11-4-2-5-12(8-11)21(19)20)13-6-3-7-16(17)15(13)10-18/h2-8,14H,9-10H2,1H3,(H,19,20)/p-1. The van der Waals surface area contributed by atoms with E-state index in [-0.39, 0.29) is 5.92 Å². The summed E-state index contributed by atoms with van der Waals surface area (Å²) in [5.41, 5.74) is 3.33. The molecule has 3 nitrogen and oxygen atoms in total. The minimum atomic E-state index is -2.20. The molecule has 0 aliphatic carbocycles. The second kappa shape index (κ2) is 5.89. The summed E-state index contributed by atoms with van der Waals surface area (Å²) in [4.78, 5) is 2.53. The van der Waals surface area contributed by atoms with E-state index >= 15 is 0 Å². The maximum Gasteiger partial charge on any atom is 0.0454 e. The summed E-state index contributed by atoms with van der Waals surface area (Å²) in [6.07, 6.45) is 0. The van der Waals surface area contributed by atoms with Crippen molar-refractivity contribution in [3.8, 4) is 0 Å². The molecule has 3 rings (SSSR count). The van der Waals surface area contributed by atoms with Crippen molar-refractivity contribution in [2.45, 2.75) is 17.4 Å². The summed E-state index contributed by atoms with van der Waals surface area (Å²) in [5, 5.41) is 0.771. The van der Waals surface area contributed by atoms with E-state index in [1.165, 1.54) is 5.56 Å². The van der Waals surface area contributed by atoms with Crippen molar-refractivity contribution < 1.29 is 8.76 Å². The molecule has 2 aromatic rings. The molecule has 2 aromatic carbocycles. The topological polar surface area (TPSA) is 43.4 Å². The highest BCUT2D eigenvalue weighted by Gasteiger charge is 2.26. The largest absolute Gasteiger partial charge is 0.768 e. The number of likely N-dealkylation sites (N-methyl/N-ethyl adjacent to an activating group) is 1. The van der Waals surface area contributed by atoms with E-state index in [9.17, 15) is 8.76 Å². The van der Waals surface area contributed by atoms with Crippen LogP contribution in [0.3, 0.4) is 0 Å². The maximum atomic E-state index is 11.2. The molecule has 1 heterocycles. The van der Waals surface area contributed by atoms with E-state index < -0.39 is 11.1 Å². The average Bonchev–Trinajstić information content (AvgIpc) is 2.47. The first-order valence-electron chi connectivity index (χ1n) is 6.71. The van der Waals surface area contributed by atoms with E-state index in [1.54, 1.807) is 18.2 Å². The van der Waals surface area contributed by atoms with E-state index in [0.717, 1.165) is 29.2 Å². The summed E-state index contributed by atoms with van der Waals surface area (Å²) in [6.45, 7) is 1.67. The Morgan fingerprint density at radius 1 is 1.29 bits per heavy atom. The Morgan fingerprint density at radius 2 is 2.05 bits per heavy atom. The number of fused-ring (bicyclic) bond motifs is 1. The lowest BCUT2D eigenvalue weighted by molar-refractivity contribution is 0.295. The summed E-state index contributed by atoms with van der Waals surface area (Å²) in [5.74, 6) is 0.140. The molecule has 0 amide bonds. The van der Waals surface area contributed by atoms with Crippen molar-refractivity contribution in [2.24, 2.45) is 0 Å². The second-order valence-corrected chi connectivity index (χ2v) is 6.71. The first-order chi connectivity index (χ1) is 10.1. The van der Waals surface area contributed by atoms with Gasteiger partial charge in [-0.25, -0.2) is 0 Å². The van der Waals surface area contributed by atoms with E-state index in [0.29, 0.717) is 4.90 Å².